The molecule has 0 amide bonds. The molecule has 0 radical (unpaired) electrons. The minimum atomic E-state index is -0.149. The monoisotopic (exact) mass is 400 g/mol. The number of carbonyl (C=O) groups excluding carboxylic acids is 2. The molecule has 8 atom stereocenters. The molecule has 3 heteroatoms. The van der Waals surface area contributed by atoms with Crippen molar-refractivity contribution in [3.05, 3.63) is 11.6 Å². The van der Waals surface area contributed by atoms with Crippen LogP contribution in [0.2, 0.25) is 0 Å². The van der Waals surface area contributed by atoms with Crippen molar-refractivity contribution in [3.63, 3.8) is 0 Å². The number of ether oxygens (including phenoxy) is 1. The van der Waals surface area contributed by atoms with E-state index in [4.69, 9.17) is 4.74 Å². The Balaban J connectivity index is 1.61. The lowest BCUT2D eigenvalue weighted by Gasteiger charge is -2.58. The molecule has 0 N–H and O–H groups in total. The number of hydrogen-bond donors (Lipinski definition) is 0. The molecule has 0 aliphatic heterocycles. The Hall–Kier alpha value is -1.12. The number of ketones is 1. The molecule has 0 aromatic rings. The SMILES string of the molecule is CCC(=O)[C@H]1[C@H](CC)CC2C3CC=C4CC(OC(C)=O)CC[C@]4(C)C3CC[C@@]21C. The van der Waals surface area contributed by atoms with E-state index in [9.17, 15) is 9.59 Å². The fraction of sp³-hybridized carbons (Fsp3) is 0.846. The zero-order valence-corrected chi connectivity index (χ0v) is 19.1. The van der Waals surface area contributed by atoms with Gasteiger partial charge >= 0.3 is 5.97 Å². The predicted molar refractivity (Wildman–Crippen MR) is 115 cm³/mol. The number of esters is 1. The number of rotatable bonds is 4. The second-order valence-corrected chi connectivity index (χ2v) is 11.0. The Kier molecular flexibility index (Phi) is 5.49. The van der Waals surface area contributed by atoms with Crippen LogP contribution in [0.4, 0.5) is 0 Å². The van der Waals surface area contributed by atoms with Crippen LogP contribution < -0.4 is 0 Å². The minimum absolute atomic E-state index is 0.0692. The van der Waals surface area contributed by atoms with Crippen LogP contribution >= 0.6 is 0 Å². The Morgan fingerprint density at radius 2 is 1.90 bits per heavy atom. The Morgan fingerprint density at radius 3 is 2.55 bits per heavy atom. The third-order valence-corrected chi connectivity index (χ3v) is 9.79. The summed E-state index contributed by atoms with van der Waals surface area (Å²) in [6.07, 6.45) is 12.3. The van der Waals surface area contributed by atoms with Gasteiger partial charge in [-0.1, -0.05) is 45.8 Å². The van der Waals surface area contributed by atoms with Crippen molar-refractivity contribution in [2.24, 2.45) is 40.4 Å². The number of Topliss-reactive ketones (excluding diaryl/α,β-unsaturated/α-hetero) is 1. The van der Waals surface area contributed by atoms with Crippen LogP contribution in [-0.2, 0) is 14.3 Å². The molecule has 3 nitrogen and oxygen atoms in total. The lowest BCUT2D eigenvalue weighted by molar-refractivity contribution is -0.149. The van der Waals surface area contributed by atoms with Gasteiger partial charge in [0.2, 0.25) is 0 Å². The second kappa shape index (κ2) is 7.54. The van der Waals surface area contributed by atoms with Gasteiger partial charge in [-0.05, 0) is 73.0 Å². The van der Waals surface area contributed by atoms with E-state index < -0.39 is 0 Å². The summed E-state index contributed by atoms with van der Waals surface area (Å²) >= 11 is 0. The quantitative estimate of drug-likeness (QED) is 0.422. The summed E-state index contributed by atoms with van der Waals surface area (Å²) in [7, 11) is 0. The highest BCUT2D eigenvalue weighted by Crippen LogP contribution is 2.67. The molecule has 4 aliphatic carbocycles. The molecule has 3 saturated carbocycles. The Labute approximate surface area is 177 Å². The lowest BCUT2D eigenvalue weighted by Crippen LogP contribution is -2.51. The molecule has 4 rings (SSSR count). The van der Waals surface area contributed by atoms with Crippen molar-refractivity contribution in [2.75, 3.05) is 0 Å². The van der Waals surface area contributed by atoms with Gasteiger partial charge in [0.1, 0.15) is 11.9 Å². The van der Waals surface area contributed by atoms with Crippen molar-refractivity contribution < 1.29 is 14.3 Å². The predicted octanol–water partition coefficient (Wildman–Crippen LogP) is 6.11. The van der Waals surface area contributed by atoms with E-state index in [0.717, 1.165) is 43.9 Å². The molecule has 0 heterocycles. The lowest BCUT2D eigenvalue weighted by atomic mass is 9.47. The van der Waals surface area contributed by atoms with Gasteiger partial charge in [-0.15, -0.1) is 0 Å². The van der Waals surface area contributed by atoms with E-state index in [2.05, 4.69) is 33.8 Å². The van der Waals surface area contributed by atoms with Gasteiger partial charge in [0.15, 0.2) is 0 Å². The van der Waals surface area contributed by atoms with E-state index in [1.807, 2.05) is 0 Å². The Morgan fingerprint density at radius 1 is 1.14 bits per heavy atom. The van der Waals surface area contributed by atoms with Crippen LogP contribution in [0.1, 0.15) is 92.4 Å². The van der Waals surface area contributed by atoms with E-state index in [-0.39, 0.29) is 28.8 Å². The summed E-state index contributed by atoms with van der Waals surface area (Å²) in [6, 6.07) is 0. The fourth-order valence-corrected chi connectivity index (χ4v) is 8.39. The van der Waals surface area contributed by atoms with Crippen molar-refractivity contribution in [1.29, 1.82) is 0 Å². The van der Waals surface area contributed by atoms with Gasteiger partial charge < -0.3 is 4.74 Å². The van der Waals surface area contributed by atoms with Crippen LogP contribution in [0.25, 0.3) is 0 Å². The van der Waals surface area contributed by atoms with Crippen LogP contribution in [0.3, 0.4) is 0 Å². The maximum absolute atomic E-state index is 13.0. The first-order chi connectivity index (χ1) is 13.7. The summed E-state index contributed by atoms with van der Waals surface area (Å²) in [5, 5.41) is 0. The first kappa shape index (κ1) is 21.1. The minimum Gasteiger partial charge on any atom is -0.462 e. The van der Waals surface area contributed by atoms with E-state index in [0.29, 0.717) is 24.0 Å². The Bertz CT molecular complexity index is 709. The van der Waals surface area contributed by atoms with E-state index >= 15 is 0 Å². The van der Waals surface area contributed by atoms with Gasteiger partial charge in [-0.25, -0.2) is 0 Å². The van der Waals surface area contributed by atoms with E-state index in [1.54, 1.807) is 5.57 Å². The van der Waals surface area contributed by atoms with Gasteiger partial charge in [-0.3, -0.25) is 9.59 Å². The van der Waals surface area contributed by atoms with Crippen LogP contribution in [0.15, 0.2) is 11.6 Å². The van der Waals surface area contributed by atoms with Gasteiger partial charge in [-0.2, -0.15) is 0 Å². The smallest absolute Gasteiger partial charge is 0.302 e. The summed E-state index contributed by atoms with van der Waals surface area (Å²) < 4.78 is 5.57. The highest BCUT2D eigenvalue weighted by molar-refractivity contribution is 5.82. The maximum Gasteiger partial charge on any atom is 0.302 e. The van der Waals surface area contributed by atoms with Crippen molar-refractivity contribution in [3.8, 4) is 0 Å². The number of allylic oxidation sites excluding steroid dienone is 1. The van der Waals surface area contributed by atoms with Crippen LogP contribution in [0, 0.1) is 40.4 Å². The first-order valence-electron chi connectivity index (χ1n) is 12.1. The average molecular weight is 401 g/mol. The highest BCUT2D eigenvalue weighted by Gasteiger charge is 2.61. The number of hydrogen-bond acceptors (Lipinski definition) is 3. The molecule has 4 aliphatic rings. The van der Waals surface area contributed by atoms with Crippen molar-refractivity contribution in [1.82, 2.24) is 0 Å². The summed E-state index contributed by atoms with van der Waals surface area (Å²) in [6.45, 7) is 10.8. The zero-order valence-electron chi connectivity index (χ0n) is 19.1. The second-order valence-electron chi connectivity index (χ2n) is 11.0. The summed E-state index contributed by atoms with van der Waals surface area (Å²) in [5.41, 5.74) is 2.01. The molecule has 0 aromatic heterocycles. The molecule has 0 saturated heterocycles. The molecule has 162 valence electrons. The number of fused-ring (bicyclic) bond motifs is 5. The topological polar surface area (TPSA) is 43.4 Å². The molecule has 0 aromatic carbocycles. The fourth-order valence-electron chi connectivity index (χ4n) is 8.39. The van der Waals surface area contributed by atoms with Crippen molar-refractivity contribution in [2.45, 2.75) is 98.5 Å². The zero-order chi connectivity index (χ0) is 21.0. The molecule has 29 heavy (non-hydrogen) atoms. The largest absolute Gasteiger partial charge is 0.462 e. The third-order valence-electron chi connectivity index (χ3n) is 9.79. The molecular formula is C26H40O3. The van der Waals surface area contributed by atoms with Crippen LogP contribution in [0.5, 0.6) is 0 Å². The maximum atomic E-state index is 13.0. The molecule has 0 bridgehead atoms. The summed E-state index contributed by atoms with van der Waals surface area (Å²) in [4.78, 5) is 24.4. The number of carbonyl (C=O) groups is 2. The summed E-state index contributed by atoms with van der Waals surface area (Å²) in [5.74, 6) is 3.36. The molecule has 4 unspecified atom stereocenters. The van der Waals surface area contributed by atoms with Gasteiger partial charge in [0, 0.05) is 25.7 Å². The molecule has 3 fully saturated rings. The first-order valence-corrected chi connectivity index (χ1v) is 12.1. The highest BCUT2D eigenvalue weighted by atomic mass is 16.5. The average Bonchev–Trinajstić information content (AvgIpc) is 2.99. The molecule has 0 spiro atoms. The van der Waals surface area contributed by atoms with Crippen LogP contribution in [-0.4, -0.2) is 17.9 Å². The molecular weight excluding hydrogens is 360 g/mol. The normalized spacial score (nSPS) is 46.2. The van der Waals surface area contributed by atoms with Gasteiger partial charge in [0.05, 0.1) is 0 Å². The van der Waals surface area contributed by atoms with Crippen molar-refractivity contribution >= 4 is 11.8 Å². The van der Waals surface area contributed by atoms with E-state index in [1.165, 1.54) is 26.2 Å². The standard InChI is InChI=1S/C26H40O3/c1-6-17-14-22-20-9-8-18-15-19(29-16(3)27)10-12-25(18,4)21(20)11-13-26(22,5)24(17)23(28)7-2/h8,17,19-22,24H,6-7,9-15H2,1-5H3/t17-,19?,20?,21?,22?,24-,25+,26+/m1/s1. The third kappa shape index (κ3) is 3.22. The van der Waals surface area contributed by atoms with Gasteiger partial charge in [0.25, 0.3) is 0 Å².